The van der Waals surface area contributed by atoms with E-state index in [4.69, 9.17) is 10.2 Å². The number of aliphatic hydroxyl groups excluding tert-OH is 3. The van der Waals surface area contributed by atoms with Crippen LogP contribution in [0.3, 0.4) is 0 Å². The number of carbonyl (C=O) groups excluding carboxylic acids is 1. The zero-order valence-electron chi connectivity index (χ0n) is 12.8. The maximum Gasteiger partial charge on any atom is 0.222 e. The van der Waals surface area contributed by atoms with Crippen molar-refractivity contribution < 1.29 is 20.1 Å². The minimum atomic E-state index is -0.931. The summed E-state index contributed by atoms with van der Waals surface area (Å²) < 4.78 is 0. The van der Waals surface area contributed by atoms with Gasteiger partial charge in [-0.1, -0.05) is 45.4 Å². The van der Waals surface area contributed by atoms with Crippen LogP contribution in [0, 0.1) is 0 Å². The third-order valence-electron chi connectivity index (χ3n) is 3.36. The number of amides is 1. The van der Waals surface area contributed by atoms with E-state index in [0.717, 1.165) is 19.3 Å². The fourth-order valence-corrected chi connectivity index (χ4v) is 2.14. The van der Waals surface area contributed by atoms with Gasteiger partial charge >= 0.3 is 0 Å². The first-order valence-corrected chi connectivity index (χ1v) is 7.83. The standard InChI is InChI=1S/C15H31NO4/c1-2-3-4-5-6-7-8-9-15(20)16(10-11-17)12-14(19)13-18/h14,17-19H,2-13H2,1H3/t14-/m1/s1. The molecule has 5 nitrogen and oxygen atoms in total. The normalized spacial score (nSPS) is 12.4. The predicted octanol–water partition coefficient (Wildman–Crippen LogP) is 1.30. The van der Waals surface area contributed by atoms with Crippen molar-refractivity contribution in [1.29, 1.82) is 0 Å². The van der Waals surface area contributed by atoms with Crippen molar-refractivity contribution in [2.75, 3.05) is 26.3 Å². The first kappa shape index (κ1) is 19.4. The van der Waals surface area contributed by atoms with Gasteiger partial charge in [-0.25, -0.2) is 0 Å². The zero-order chi connectivity index (χ0) is 15.2. The van der Waals surface area contributed by atoms with Crippen molar-refractivity contribution >= 4 is 5.91 Å². The molecule has 0 bridgehead atoms. The number of carbonyl (C=O) groups is 1. The van der Waals surface area contributed by atoms with Crippen molar-refractivity contribution in [1.82, 2.24) is 4.90 Å². The molecule has 0 aromatic carbocycles. The molecule has 0 aromatic rings. The van der Waals surface area contributed by atoms with Crippen LogP contribution in [0.25, 0.3) is 0 Å². The second kappa shape index (κ2) is 13.3. The molecule has 0 aliphatic carbocycles. The molecule has 0 aromatic heterocycles. The molecule has 0 rings (SSSR count). The fourth-order valence-electron chi connectivity index (χ4n) is 2.14. The van der Waals surface area contributed by atoms with Gasteiger partial charge in [0, 0.05) is 19.5 Å². The average molecular weight is 289 g/mol. The molecule has 0 radical (unpaired) electrons. The summed E-state index contributed by atoms with van der Waals surface area (Å²) in [6, 6.07) is 0. The van der Waals surface area contributed by atoms with Gasteiger partial charge in [0.05, 0.1) is 19.3 Å². The number of nitrogens with zero attached hydrogens (tertiary/aromatic N) is 1. The third-order valence-corrected chi connectivity index (χ3v) is 3.36. The molecule has 1 atom stereocenters. The van der Waals surface area contributed by atoms with E-state index in [1.807, 2.05) is 0 Å². The van der Waals surface area contributed by atoms with E-state index in [2.05, 4.69) is 6.92 Å². The van der Waals surface area contributed by atoms with E-state index in [0.29, 0.717) is 6.42 Å². The van der Waals surface area contributed by atoms with E-state index in [9.17, 15) is 9.90 Å². The molecule has 120 valence electrons. The predicted molar refractivity (Wildman–Crippen MR) is 79.4 cm³/mol. The van der Waals surface area contributed by atoms with Crippen LogP contribution in [0.5, 0.6) is 0 Å². The summed E-state index contributed by atoms with van der Waals surface area (Å²) in [4.78, 5) is 13.4. The second-order valence-electron chi connectivity index (χ2n) is 5.27. The summed E-state index contributed by atoms with van der Waals surface area (Å²) in [6.07, 6.45) is 7.59. The highest BCUT2D eigenvalue weighted by atomic mass is 16.3. The maximum atomic E-state index is 11.9. The van der Waals surface area contributed by atoms with Gasteiger partial charge in [0.15, 0.2) is 0 Å². The molecule has 1 amide bonds. The van der Waals surface area contributed by atoms with Crippen LogP contribution in [0.1, 0.15) is 58.3 Å². The zero-order valence-corrected chi connectivity index (χ0v) is 12.8. The molecular formula is C15H31NO4. The Morgan fingerprint density at radius 2 is 1.65 bits per heavy atom. The molecule has 0 unspecified atom stereocenters. The molecule has 0 aliphatic rings. The highest BCUT2D eigenvalue weighted by Gasteiger charge is 2.16. The quantitative estimate of drug-likeness (QED) is 0.446. The Morgan fingerprint density at radius 1 is 1.05 bits per heavy atom. The smallest absolute Gasteiger partial charge is 0.222 e. The first-order chi connectivity index (χ1) is 9.65. The number of unbranched alkanes of at least 4 members (excludes halogenated alkanes) is 6. The Hall–Kier alpha value is -0.650. The topological polar surface area (TPSA) is 81.0 Å². The molecule has 0 saturated carbocycles. The van der Waals surface area contributed by atoms with E-state index < -0.39 is 6.10 Å². The van der Waals surface area contributed by atoms with Gasteiger partial charge in [0.1, 0.15) is 0 Å². The number of hydrogen-bond donors (Lipinski definition) is 3. The molecule has 20 heavy (non-hydrogen) atoms. The van der Waals surface area contributed by atoms with Crippen LogP contribution >= 0.6 is 0 Å². The van der Waals surface area contributed by atoms with Crippen LogP contribution in [0.15, 0.2) is 0 Å². The van der Waals surface area contributed by atoms with Crippen molar-refractivity contribution in [2.24, 2.45) is 0 Å². The Labute approximate surface area is 122 Å². The Kier molecular flexibility index (Phi) is 12.9. The van der Waals surface area contributed by atoms with Crippen LogP contribution in [-0.4, -0.2) is 58.5 Å². The van der Waals surface area contributed by atoms with Gasteiger partial charge < -0.3 is 20.2 Å². The summed E-state index contributed by atoms with van der Waals surface area (Å²) in [6.45, 7) is 2.00. The van der Waals surface area contributed by atoms with Crippen molar-refractivity contribution in [2.45, 2.75) is 64.4 Å². The molecular weight excluding hydrogens is 258 g/mol. The van der Waals surface area contributed by atoms with Gasteiger partial charge in [-0.05, 0) is 6.42 Å². The largest absolute Gasteiger partial charge is 0.395 e. The van der Waals surface area contributed by atoms with Crippen LogP contribution in [0.2, 0.25) is 0 Å². The Bertz CT molecular complexity index is 236. The van der Waals surface area contributed by atoms with Crippen molar-refractivity contribution in [3.05, 3.63) is 0 Å². The van der Waals surface area contributed by atoms with E-state index in [-0.39, 0.29) is 32.2 Å². The lowest BCUT2D eigenvalue weighted by molar-refractivity contribution is -0.133. The molecule has 3 N–H and O–H groups in total. The number of hydrogen-bond acceptors (Lipinski definition) is 4. The van der Waals surface area contributed by atoms with E-state index in [1.54, 1.807) is 0 Å². The first-order valence-electron chi connectivity index (χ1n) is 7.83. The monoisotopic (exact) mass is 289 g/mol. The van der Waals surface area contributed by atoms with Crippen molar-refractivity contribution in [3.63, 3.8) is 0 Å². The average Bonchev–Trinajstić information content (AvgIpc) is 2.45. The molecule has 0 fully saturated rings. The lowest BCUT2D eigenvalue weighted by atomic mass is 10.1. The molecule has 0 saturated heterocycles. The van der Waals surface area contributed by atoms with Gasteiger partial charge in [-0.3, -0.25) is 4.79 Å². The summed E-state index contributed by atoms with van der Waals surface area (Å²) in [5.74, 6) is -0.0555. The van der Waals surface area contributed by atoms with Gasteiger partial charge in [0.25, 0.3) is 0 Å². The highest BCUT2D eigenvalue weighted by Crippen LogP contribution is 2.09. The maximum absolute atomic E-state index is 11.9. The van der Waals surface area contributed by atoms with Crippen LogP contribution in [-0.2, 0) is 4.79 Å². The van der Waals surface area contributed by atoms with E-state index >= 15 is 0 Å². The molecule has 0 spiro atoms. The lowest BCUT2D eigenvalue weighted by Crippen LogP contribution is -2.40. The molecule has 0 heterocycles. The van der Waals surface area contributed by atoms with Gasteiger partial charge in [-0.2, -0.15) is 0 Å². The number of rotatable bonds is 13. The number of aliphatic hydroxyl groups is 3. The summed E-state index contributed by atoms with van der Waals surface area (Å²) in [5, 5.41) is 27.1. The van der Waals surface area contributed by atoms with Crippen LogP contribution < -0.4 is 0 Å². The SMILES string of the molecule is CCCCCCCCCC(=O)N(CCO)C[C@@H](O)CO. The minimum absolute atomic E-state index is 0.0555. The minimum Gasteiger partial charge on any atom is -0.395 e. The summed E-state index contributed by atoms with van der Waals surface area (Å²) in [5.41, 5.74) is 0. The Balaban J connectivity index is 3.78. The fraction of sp³-hybridized carbons (Fsp3) is 0.933. The lowest BCUT2D eigenvalue weighted by Gasteiger charge is -2.23. The Morgan fingerprint density at radius 3 is 2.20 bits per heavy atom. The second-order valence-corrected chi connectivity index (χ2v) is 5.27. The van der Waals surface area contributed by atoms with Crippen molar-refractivity contribution in [3.8, 4) is 0 Å². The summed E-state index contributed by atoms with van der Waals surface area (Å²) >= 11 is 0. The molecule has 0 aliphatic heterocycles. The van der Waals surface area contributed by atoms with Gasteiger partial charge in [0.2, 0.25) is 5.91 Å². The highest BCUT2D eigenvalue weighted by molar-refractivity contribution is 5.76. The summed E-state index contributed by atoms with van der Waals surface area (Å²) in [7, 11) is 0. The van der Waals surface area contributed by atoms with E-state index in [1.165, 1.54) is 30.6 Å². The van der Waals surface area contributed by atoms with Gasteiger partial charge in [-0.15, -0.1) is 0 Å². The third kappa shape index (κ3) is 10.2. The van der Waals surface area contributed by atoms with Crippen LogP contribution in [0.4, 0.5) is 0 Å². The molecule has 5 heteroatoms.